The molecule has 0 bridgehead atoms. The Kier molecular flexibility index (Phi) is 3.74. The number of ether oxygens (including phenoxy) is 1. The fourth-order valence-electron chi connectivity index (χ4n) is 1.72. The first-order valence-corrected chi connectivity index (χ1v) is 6.93. The van der Waals surface area contributed by atoms with Crippen molar-refractivity contribution in [1.82, 2.24) is 14.3 Å². The van der Waals surface area contributed by atoms with Crippen molar-refractivity contribution >= 4 is 16.0 Å². The van der Waals surface area contributed by atoms with E-state index in [1.807, 2.05) is 0 Å². The summed E-state index contributed by atoms with van der Waals surface area (Å²) in [5, 5.41) is 8.82. The zero-order chi connectivity index (χ0) is 14.9. The van der Waals surface area contributed by atoms with Crippen LogP contribution in [0.5, 0.6) is 0 Å². The number of rotatable bonds is 3. The summed E-state index contributed by atoms with van der Waals surface area (Å²) in [6, 6.07) is 0. The summed E-state index contributed by atoms with van der Waals surface area (Å²) in [5.41, 5.74) is -1.90. The summed E-state index contributed by atoms with van der Waals surface area (Å²) >= 11 is 0. The number of sulfonamides is 1. The molecule has 0 spiro atoms. The maximum Gasteiger partial charge on any atom is 0.334 e. The molecule has 0 aliphatic carbocycles. The summed E-state index contributed by atoms with van der Waals surface area (Å²) in [7, 11) is -4.20. The van der Waals surface area contributed by atoms with Crippen LogP contribution in [0.15, 0.2) is 20.7 Å². The Balaban J connectivity index is 2.37. The topological polar surface area (TPSA) is 150 Å². The fraction of sp³-hybridized carbons (Fsp3) is 0.444. The lowest BCUT2D eigenvalue weighted by Gasteiger charge is -2.29. The van der Waals surface area contributed by atoms with Gasteiger partial charge in [0, 0.05) is 12.7 Å². The van der Waals surface area contributed by atoms with Crippen LogP contribution in [0.2, 0.25) is 0 Å². The van der Waals surface area contributed by atoms with Gasteiger partial charge in [0.15, 0.2) is 11.0 Å². The summed E-state index contributed by atoms with van der Waals surface area (Å²) in [6.07, 6.45) is -0.512. The van der Waals surface area contributed by atoms with Crippen molar-refractivity contribution in [1.29, 1.82) is 0 Å². The molecule has 1 aliphatic heterocycles. The highest BCUT2D eigenvalue weighted by atomic mass is 32.2. The highest BCUT2D eigenvalue weighted by Gasteiger charge is 2.35. The number of carboxylic acid groups (broad SMARTS) is 1. The normalized spacial score (nSPS) is 20.7. The quantitative estimate of drug-likeness (QED) is 0.560. The second-order valence-corrected chi connectivity index (χ2v) is 5.90. The van der Waals surface area contributed by atoms with Gasteiger partial charge in [0.2, 0.25) is 10.0 Å². The first kappa shape index (κ1) is 14.4. The highest BCUT2D eigenvalue weighted by Crippen LogP contribution is 2.15. The maximum absolute atomic E-state index is 12.2. The molecule has 1 saturated heterocycles. The van der Waals surface area contributed by atoms with E-state index < -0.39 is 44.8 Å². The predicted octanol–water partition coefficient (Wildman–Crippen LogP) is -2.46. The fourth-order valence-corrected chi connectivity index (χ4v) is 3.14. The van der Waals surface area contributed by atoms with Gasteiger partial charge in [0.1, 0.15) is 0 Å². The first-order chi connectivity index (χ1) is 9.32. The molecule has 0 radical (unpaired) electrons. The van der Waals surface area contributed by atoms with Crippen LogP contribution >= 0.6 is 0 Å². The molecule has 20 heavy (non-hydrogen) atoms. The van der Waals surface area contributed by atoms with E-state index in [4.69, 9.17) is 9.84 Å². The molecule has 1 unspecified atom stereocenters. The van der Waals surface area contributed by atoms with Gasteiger partial charge in [-0.3, -0.25) is 9.78 Å². The summed E-state index contributed by atoms with van der Waals surface area (Å²) in [5.74, 6) is -1.29. The molecule has 2 rings (SSSR count). The average molecular weight is 305 g/mol. The number of aromatic nitrogens is 2. The van der Waals surface area contributed by atoms with Crippen LogP contribution in [0.1, 0.15) is 0 Å². The molecule has 1 aromatic rings. The minimum Gasteiger partial charge on any atom is -0.479 e. The van der Waals surface area contributed by atoms with Gasteiger partial charge in [0.25, 0.3) is 5.56 Å². The molecular formula is C9H11N3O7S. The van der Waals surface area contributed by atoms with E-state index in [1.165, 1.54) is 0 Å². The summed E-state index contributed by atoms with van der Waals surface area (Å²) < 4.78 is 30.2. The zero-order valence-corrected chi connectivity index (χ0v) is 10.8. The van der Waals surface area contributed by atoms with Crippen molar-refractivity contribution in [3.8, 4) is 0 Å². The van der Waals surface area contributed by atoms with Gasteiger partial charge in [0.05, 0.1) is 13.2 Å². The van der Waals surface area contributed by atoms with Gasteiger partial charge in [-0.2, -0.15) is 4.31 Å². The van der Waals surface area contributed by atoms with Gasteiger partial charge >= 0.3 is 11.7 Å². The van der Waals surface area contributed by atoms with E-state index in [1.54, 1.807) is 4.98 Å². The number of hydrogen-bond donors (Lipinski definition) is 3. The Bertz CT molecular complexity index is 734. The number of morpholine rings is 1. The first-order valence-electron chi connectivity index (χ1n) is 5.49. The van der Waals surface area contributed by atoms with E-state index in [0.717, 1.165) is 10.5 Å². The Morgan fingerprint density at radius 2 is 2.15 bits per heavy atom. The lowest BCUT2D eigenvalue weighted by atomic mass is 10.3. The van der Waals surface area contributed by atoms with E-state index in [9.17, 15) is 22.8 Å². The molecule has 0 saturated carbocycles. The number of H-pyrrole nitrogens is 2. The second-order valence-electron chi connectivity index (χ2n) is 4.00. The third-order valence-corrected chi connectivity index (χ3v) is 4.58. The number of nitrogens with one attached hydrogen (secondary N) is 2. The van der Waals surface area contributed by atoms with Crippen molar-refractivity contribution in [2.75, 3.05) is 19.7 Å². The van der Waals surface area contributed by atoms with E-state index in [2.05, 4.69) is 4.98 Å². The molecule has 1 aromatic heterocycles. The number of nitrogens with zero attached hydrogens (tertiary/aromatic N) is 1. The minimum atomic E-state index is -4.20. The van der Waals surface area contributed by atoms with Crippen molar-refractivity contribution < 1.29 is 23.1 Å². The molecule has 0 amide bonds. The lowest BCUT2D eigenvalue weighted by molar-refractivity contribution is -0.153. The molecule has 1 fully saturated rings. The monoisotopic (exact) mass is 305 g/mol. The standard InChI is InChI=1S/C9H11N3O7S/c13-7-6(3-10-9(16)11-7)20(17,18)12-1-2-19-5(4-12)8(14)15/h3,5H,1-2,4H2,(H,14,15)(H2,10,11,13,16). The Morgan fingerprint density at radius 3 is 2.75 bits per heavy atom. The predicted molar refractivity (Wildman–Crippen MR) is 63.8 cm³/mol. The molecule has 110 valence electrons. The van der Waals surface area contributed by atoms with E-state index in [-0.39, 0.29) is 13.2 Å². The van der Waals surface area contributed by atoms with Crippen LogP contribution in [0.3, 0.4) is 0 Å². The second kappa shape index (κ2) is 5.19. The van der Waals surface area contributed by atoms with Crippen molar-refractivity contribution in [3.05, 3.63) is 27.0 Å². The number of aliphatic carboxylic acids is 1. The summed E-state index contributed by atoms with van der Waals surface area (Å²) in [6.45, 7) is -0.585. The largest absolute Gasteiger partial charge is 0.479 e. The Labute approximate surface area is 112 Å². The molecule has 2 heterocycles. The Morgan fingerprint density at radius 1 is 1.45 bits per heavy atom. The van der Waals surface area contributed by atoms with Crippen molar-refractivity contribution in [2.24, 2.45) is 0 Å². The maximum atomic E-state index is 12.2. The molecule has 0 aromatic carbocycles. The van der Waals surface area contributed by atoms with E-state index >= 15 is 0 Å². The minimum absolute atomic E-state index is 0.0787. The van der Waals surface area contributed by atoms with Gasteiger partial charge in [-0.15, -0.1) is 0 Å². The van der Waals surface area contributed by atoms with Crippen LogP contribution in [0, 0.1) is 0 Å². The van der Waals surface area contributed by atoms with Crippen molar-refractivity contribution in [2.45, 2.75) is 11.0 Å². The smallest absolute Gasteiger partial charge is 0.334 e. The van der Waals surface area contributed by atoms with Crippen LogP contribution in [0.4, 0.5) is 0 Å². The number of aromatic amines is 2. The van der Waals surface area contributed by atoms with Crippen molar-refractivity contribution in [3.63, 3.8) is 0 Å². The molecule has 11 heteroatoms. The highest BCUT2D eigenvalue weighted by molar-refractivity contribution is 7.89. The number of carbonyl (C=O) groups is 1. The molecule has 3 N–H and O–H groups in total. The van der Waals surface area contributed by atoms with Crippen LogP contribution in [-0.2, 0) is 19.6 Å². The van der Waals surface area contributed by atoms with Crippen LogP contribution in [-0.4, -0.2) is 59.6 Å². The van der Waals surface area contributed by atoms with Gasteiger partial charge in [-0.25, -0.2) is 18.0 Å². The van der Waals surface area contributed by atoms with Gasteiger partial charge in [-0.05, 0) is 0 Å². The zero-order valence-electron chi connectivity index (χ0n) is 10.0. The SMILES string of the molecule is O=C(O)C1CN(S(=O)(=O)c2c[nH]c(=O)[nH]c2=O)CCO1. The number of hydrogen-bond acceptors (Lipinski definition) is 6. The summed E-state index contributed by atoms with van der Waals surface area (Å²) in [4.78, 5) is 36.4. The van der Waals surface area contributed by atoms with Crippen LogP contribution < -0.4 is 11.2 Å². The Hall–Kier alpha value is -1.98. The van der Waals surface area contributed by atoms with Gasteiger partial charge in [-0.1, -0.05) is 0 Å². The van der Waals surface area contributed by atoms with Crippen LogP contribution in [0.25, 0.3) is 0 Å². The van der Waals surface area contributed by atoms with E-state index in [0.29, 0.717) is 0 Å². The average Bonchev–Trinajstić information content (AvgIpc) is 2.38. The molecular weight excluding hydrogens is 294 g/mol. The number of carboxylic acids is 1. The third-order valence-electron chi connectivity index (χ3n) is 2.71. The molecule has 10 nitrogen and oxygen atoms in total. The van der Waals surface area contributed by atoms with Gasteiger partial charge < -0.3 is 14.8 Å². The lowest BCUT2D eigenvalue weighted by Crippen LogP contribution is -2.49. The third kappa shape index (κ3) is 2.64. The molecule has 1 aliphatic rings. The molecule has 1 atom stereocenters.